The van der Waals surface area contributed by atoms with E-state index in [-0.39, 0.29) is 0 Å². The summed E-state index contributed by atoms with van der Waals surface area (Å²) < 4.78 is 24.5. The third kappa shape index (κ3) is 4.53. The van der Waals surface area contributed by atoms with Gasteiger partial charge in [-0.3, -0.25) is 0 Å². The molecule has 5 heteroatoms. The van der Waals surface area contributed by atoms with E-state index in [1.54, 1.807) is 4.31 Å². The van der Waals surface area contributed by atoms with E-state index in [1.165, 1.54) is 22.9 Å². The molecule has 0 atom stereocenters. The Balaban J connectivity index is 1.78. The molecule has 2 rings (SSSR count). The summed E-state index contributed by atoms with van der Waals surface area (Å²) in [4.78, 5) is 0. The number of benzene rings is 1. The molecule has 0 amide bonds. The zero-order chi connectivity index (χ0) is 15.5. The van der Waals surface area contributed by atoms with Crippen molar-refractivity contribution in [2.75, 3.05) is 25.9 Å². The van der Waals surface area contributed by atoms with Crippen molar-refractivity contribution in [3.05, 3.63) is 34.9 Å². The van der Waals surface area contributed by atoms with Crippen molar-refractivity contribution in [3.63, 3.8) is 0 Å². The minimum absolute atomic E-state index is 0.437. The lowest BCUT2D eigenvalue weighted by atomic mass is 9.99. The van der Waals surface area contributed by atoms with Crippen molar-refractivity contribution in [3.8, 4) is 0 Å². The second kappa shape index (κ2) is 6.90. The Hall–Kier alpha value is -0.910. The normalized spacial score (nSPS) is 18.0. The van der Waals surface area contributed by atoms with Crippen LogP contribution in [0.25, 0.3) is 0 Å². The van der Waals surface area contributed by atoms with Crippen LogP contribution < -0.4 is 5.32 Å². The molecule has 1 aromatic rings. The number of hydrogen-bond donors (Lipinski definition) is 1. The summed E-state index contributed by atoms with van der Waals surface area (Å²) in [6.07, 6.45) is 4.13. The number of piperidine rings is 1. The molecule has 0 saturated carbocycles. The first-order valence-corrected chi connectivity index (χ1v) is 9.46. The summed E-state index contributed by atoms with van der Waals surface area (Å²) in [5.41, 5.74) is 4.13. The van der Waals surface area contributed by atoms with Crippen LogP contribution in [0.15, 0.2) is 18.2 Å². The van der Waals surface area contributed by atoms with E-state index in [4.69, 9.17) is 0 Å². The van der Waals surface area contributed by atoms with E-state index in [0.717, 1.165) is 25.8 Å². The summed E-state index contributed by atoms with van der Waals surface area (Å²) in [5.74, 6) is 0. The Kier molecular flexibility index (Phi) is 5.41. The fraction of sp³-hybridized carbons (Fsp3) is 0.625. The maximum atomic E-state index is 11.5. The molecule has 0 aromatic heterocycles. The van der Waals surface area contributed by atoms with E-state index < -0.39 is 10.0 Å². The summed E-state index contributed by atoms with van der Waals surface area (Å²) in [6.45, 7) is 6.55. The molecule has 1 aromatic carbocycles. The second-order valence-corrected chi connectivity index (χ2v) is 7.99. The molecule has 1 fully saturated rings. The minimum Gasteiger partial charge on any atom is -0.314 e. The highest BCUT2D eigenvalue weighted by atomic mass is 32.2. The molecular weight excluding hydrogens is 284 g/mol. The average Bonchev–Trinajstić information content (AvgIpc) is 2.42. The largest absolute Gasteiger partial charge is 0.314 e. The molecule has 0 unspecified atom stereocenters. The fourth-order valence-electron chi connectivity index (χ4n) is 3.04. The highest BCUT2D eigenvalue weighted by Gasteiger charge is 2.24. The van der Waals surface area contributed by atoms with Gasteiger partial charge < -0.3 is 5.32 Å². The summed E-state index contributed by atoms with van der Waals surface area (Å²) in [6, 6.07) is 6.86. The maximum Gasteiger partial charge on any atom is 0.211 e. The van der Waals surface area contributed by atoms with E-state index in [9.17, 15) is 8.42 Å². The molecule has 1 N–H and O–H groups in total. The van der Waals surface area contributed by atoms with Crippen LogP contribution in [-0.2, 0) is 16.4 Å². The van der Waals surface area contributed by atoms with Gasteiger partial charge in [0.25, 0.3) is 0 Å². The van der Waals surface area contributed by atoms with E-state index in [2.05, 4.69) is 37.4 Å². The predicted molar refractivity (Wildman–Crippen MR) is 87.1 cm³/mol. The Labute approximate surface area is 128 Å². The zero-order valence-electron chi connectivity index (χ0n) is 13.2. The van der Waals surface area contributed by atoms with Gasteiger partial charge in [-0.2, -0.15) is 0 Å². The topological polar surface area (TPSA) is 49.4 Å². The van der Waals surface area contributed by atoms with Crippen molar-refractivity contribution in [1.82, 2.24) is 9.62 Å². The highest BCUT2D eigenvalue weighted by Crippen LogP contribution is 2.15. The summed E-state index contributed by atoms with van der Waals surface area (Å²) >= 11 is 0. The second-order valence-electron chi connectivity index (χ2n) is 6.01. The van der Waals surface area contributed by atoms with Gasteiger partial charge in [0, 0.05) is 19.1 Å². The van der Waals surface area contributed by atoms with Crippen LogP contribution in [0.3, 0.4) is 0 Å². The molecule has 4 nitrogen and oxygen atoms in total. The Morgan fingerprint density at radius 2 is 1.76 bits per heavy atom. The molecular formula is C16H26N2O2S. The molecule has 0 spiro atoms. The van der Waals surface area contributed by atoms with Crippen molar-refractivity contribution in [1.29, 1.82) is 0 Å². The van der Waals surface area contributed by atoms with Crippen LogP contribution in [-0.4, -0.2) is 44.7 Å². The van der Waals surface area contributed by atoms with Gasteiger partial charge in [0.05, 0.1) is 6.26 Å². The molecule has 1 aliphatic rings. The lowest BCUT2D eigenvalue weighted by molar-refractivity contribution is 0.292. The number of nitrogens with one attached hydrogen (secondary N) is 1. The molecule has 0 radical (unpaired) electrons. The Bertz CT molecular complexity index is 556. The number of hydrogen-bond acceptors (Lipinski definition) is 3. The first-order chi connectivity index (χ1) is 9.88. The number of nitrogens with zero attached hydrogens (tertiary/aromatic N) is 1. The van der Waals surface area contributed by atoms with E-state index >= 15 is 0 Å². The van der Waals surface area contributed by atoms with Crippen LogP contribution in [0.1, 0.15) is 29.5 Å². The average molecular weight is 310 g/mol. The van der Waals surface area contributed by atoms with Gasteiger partial charge in [0.1, 0.15) is 0 Å². The highest BCUT2D eigenvalue weighted by molar-refractivity contribution is 7.88. The number of aryl methyl sites for hydroxylation is 2. The number of rotatable bonds is 5. The van der Waals surface area contributed by atoms with Crippen LogP contribution in [0.4, 0.5) is 0 Å². The van der Waals surface area contributed by atoms with E-state index in [1.807, 2.05) is 0 Å². The van der Waals surface area contributed by atoms with E-state index in [0.29, 0.717) is 19.1 Å². The third-order valence-corrected chi connectivity index (χ3v) is 5.68. The molecule has 0 bridgehead atoms. The van der Waals surface area contributed by atoms with Gasteiger partial charge >= 0.3 is 0 Å². The van der Waals surface area contributed by atoms with Crippen LogP contribution in [0.5, 0.6) is 0 Å². The molecule has 1 saturated heterocycles. The number of sulfonamides is 1. The molecule has 118 valence electrons. The molecule has 1 aliphatic heterocycles. The predicted octanol–water partition coefficient (Wildman–Crippen LogP) is 1.86. The standard InChI is InChI=1S/C16H26N2O2S/c1-13-5-4-6-14(2)16(13)7-10-17-15-8-11-18(12-9-15)21(3,19)20/h4-6,15,17H,7-12H2,1-3H3. The van der Waals surface area contributed by atoms with Gasteiger partial charge in [-0.25, -0.2) is 12.7 Å². The van der Waals surface area contributed by atoms with Crippen molar-refractivity contribution < 1.29 is 8.42 Å². The lowest BCUT2D eigenvalue weighted by Gasteiger charge is -2.30. The third-order valence-electron chi connectivity index (χ3n) is 4.38. The van der Waals surface area contributed by atoms with Gasteiger partial charge in [-0.05, 0) is 56.3 Å². The molecule has 0 aliphatic carbocycles. The Morgan fingerprint density at radius 3 is 2.29 bits per heavy atom. The molecule has 21 heavy (non-hydrogen) atoms. The van der Waals surface area contributed by atoms with Crippen LogP contribution in [0, 0.1) is 13.8 Å². The summed E-state index contributed by atoms with van der Waals surface area (Å²) in [5, 5.41) is 3.58. The van der Waals surface area contributed by atoms with Crippen molar-refractivity contribution in [2.24, 2.45) is 0 Å². The van der Waals surface area contributed by atoms with Crippen molar-refractivity contribution in [2.45, 2.75) is 39.2 Å². The molecule has 1 heterocycles. The monoisotopic (exact) mass is 310 g/mol. The maximum absolute atomic E-state index is 11.5. The smallest absolute Gasteiger partial charge is 0.211 e. The van der Waals surface area contributed by atoms with Crippen LogP contribution >= 0.6 is 0 Å². The van der Waals surface area contributed by atoms with Gasteiger partial charge in [-0.15, -0.1) is 0 Å². The lowest BCUT2D eigenvalue weighted by Crippen LogP contribution is -2.44. The van der Waals surface area contributed by atoms with Gasteiger partial charge in [0.15, 0.2) is 0 Å². The fourth-order valence-corrected chi connectivity index (χ4v) is 3.91. The SMILES string of the molecule is Cc1cccc(C)c1CCNC1CCN(S(C)(=O)=O)CC1. The quantitative estimate of drug-likeness (QED) is 0.903. The van der Waals surface area contributed by atoms with Crippen molar-refractivity contribution >= 4 is 10.0 Å². The first-order valence-electron chi connectivity index (χ1n) is 7.61. The zero-order valence-corrected chi connectivity index (χ0v) is 14.0. The minimum atomic E-state index is -3.02. The summed E-state index contributed by atoms with van der Waals surface area (Å²) in [7, 11) is -3.02. The Morgan fingerprint density at radius 1 is 1.19 bits per heavy atom. The first kappa shape index (κ1) is 16.5. The van der Waals surface area contributed by atoms with Gasteiger partial charge in [-0.1, -0.05) is 18.2 Å². The van der Waals surface area contributed by atoms with Gasteiger partial charge in [0.2, 0.25) is 10.0 Å². The van der Waals surface area contributed by atoms with Crippen LogP contribution in [0.2, 0.25) is 0 Å².